The Labute approximate surface area is 184 Å². The summed E-state index contributed by atoms with van der Waals surface area (Å²) in [5.74, 6) is 0.213. The molecule has 0 bridgehead atoms. The van der Waals surface area contributed by atoms with Crippen molar-refractivity contribution in [2.75, 3.05) is 11.9 Å². The highest BCUT2D eigenvalue weighted by atomic mass is 19.1. The van der Waals surface area contributed by atoms with Crippen molar-refractivity contribution in [1.29, 1.82) is 0 Å². The third-order valence-corrected chi connectivity index (χ3v) is 6.14. The van der Waals surface area contributed by atoms with Crippen LogP contribution in [0.15, 0.2) is 36.7 Å². The van der Waals surface area contributed by atoms with E-state index in [0.717, 1.165) is 29.9 Å². The van der Waals surface area contributed by atoms with Crippen LogP contribution in [0.3, 0.4) is 0 Å². The number of nitrogens with one attached hydrogen (secondary N) is 1. The fourth-order valence-electron chi connectivity index (χ4n) is 3.98. The molecule has 5 rings (SSSR count). The molecule has 1 aromatic carbocycles. The average molecular weight is 437 g/mol. The van der Waals surface area contributed by atoms with Gasteiger partial charge in [-0.3, -0.25) is 14.5 Å². The molecule has 1 saturated carbocycles. The summed E-state index contributed by atoms with van der Waals surface area (Å²) in [5.41, 5.74) is 1.87. The Balaban J connectivity index is 1.27. The molecule has 9 nitrogen and oxygen atoms in total. The van der Waals surface area contributed by atoms with Crippen molar-refractivity contribution in [1.82, 2.24) is 29.9 Å². The summed E-state index contributed by atoms with van der Waals surface area (Å²) in [4.78, 5) is 31.4. The molecule has 3 heterocycles. The van der Waals surface area contributed by atoms with Crippen LogP contribution in [0.5, 0.6) is 0 Å². The van der Waals surface area contributed by atoms with E-state index in [1.807, 2.05) is 17.7 Å². The molecule has 2 aromatic heterocycles. The number of aryl methyl sites for hydroxylation is 1. The number of likely N-dealkylation sites (N-methyl/N-ethyl adjacent to an activating group) is 1. The number of amides is 2. The van der Waals surface area contributed by atoms with Crippen LogP contribution in [0.1, 0.15) is 60.0 Å². The average Bonchev–Trinajstić information content (AvgIpc) is 3.39. The molecular weight excluding hydrogens is 413 g/mol. The first-order valence-electron chi connectivity index (χ1n) is 10.7. The molecule has 0 radical (unpaired) electrons. The fraction of sp³-hybridized carbons (Fsp3) is 0.409. The van der Waals surface area contributed by atoms with Crippen molar-refractivity contribution in [3.05, 3.63) is 59.6 Å². The molecule has 3 aromatic rings. The van der Waals surface area contributed by atoms with Crippen LogP contribution < -0.4 is 10.2 Å². The maximum absolute atomic E-state index is 13.2. The maximum Gasteiger partial charge on any atom is 0.291 e. The third kappa shape index (κ3) is 3.76. The highest BCUT2D eigenvalue weighted by Crippen LogP contribution is 2.40. The molecule has 2 amide bonds. The van der Waals surface area contributed by atoms with E-state index in [1.165, 1.54) is 23.1 Å². The van der Waals surface area contributed by atoms with Crippen LogP contribution in [0.2, 0.25) is 0 Å². The minimum Gasteiger partial charge on any atom is -0.337 e. The minimum atomic E-state index is -0.694. The van der Waals surface area contributed by atoms with Gasteiger partial charge < -0.3 is 5.32 Å². The van der Waals surface area contributed by atoms with Crippen LogP contribution in [-0.4, -0.2) is 49.4 Å². The Morgan fingerprint density at radius 2 is 1.94 bits per heavy atom. The van der Waals surface area contributed by atoms with E-state index in [2.05, 4.69) is 20.5 Å². The van der Waals surface area contributed by atoms with E-state index < -0.39 is 11.9 Å². The molecular formula is C22H24FN7O2. The van der Waals surface area contributed by atoms with Gasteiger partial charge in [0.15, 0.2) is 0 Å². The Bertz CT molecular complexity index is 1170. The van der Waals surface area contributed by atoms with Crippen LogP contribution in [0, 0.1) is 5.82 Å². The zero-order chi connectivity index (χ0) is 22.4. The Morgan fingerprint density at radius 3 is 2.66 bits per heavy atom. The number of carbonyl (C=O) groups excluding carboxylic acids is 2. The van der Waals surface area contributed by atoms with Crippen LogP contribution in [0.25, 0.3) is 0 Å². The lowest BCUT2D eigenvalue weighted by Crippen LogP contribution is -2.47. The van der Waals surface area contributed by atoms with Crippen molar-refractivity contribution in [2.45, 2.75) is 50.7 Å². The summed E-state index contributed by atoms with van der Waals surface area (Å²) < 4.78 is 16.6. The van der Waals surface area contributed by atoms with E-state index in [1.54, 1.807) is 24.1 Å². The Hall–Kier alpha value is -3.56. The molecule has 1 unspecified atom stereocenters. The summed E-state index contributed by atoms with van der Waals surface area (Å²) in [7, 11) is 1.70. The highest BCUT2D eigenvalue weighted by Gasteiger charge is 2.34. The molecule has 2 aliphatic rings. The van der Waals surface area contributed by atoms with E-state index in [-0.39, 0.29) is 23.6 Å². The van der Waals surface area contributed by atoms with Gasteiger partial charge in [-0.15, -0.1) is 5.10 Å². The standard InChI is InChI=1S/C22H24FN7O2/c1-13(14-5-7-16(23)8-6-14)30-12-24-20(27-30)21(31)25-17-9-10-29-19(28(2)22(17)32)11-18(26-29)15-3-4-15/h5-8,11-13,15,17H,3-4,9-10H2,1-2H3,(H,25,31)/t13?,17-/m0/s1. The number of fused-ring (bicyclic) bond motifs is 1. The topological polar surface area (TPSA) is 97.9 Å². The molecule has 1 fully saturated rings. The van der Waals surface area contributed by atoms with Crippen molar-refractivity contribution < 1.29 is 14.0 Å². The number of anilines is 1. The van der Waals surface area contributed by atoms with Gasteiger partial charge in [-0.1, -0.05) is 12.1 Å². The number of rotatable bonds is 5. The molecule has 1 N–H and O–H groups in total. The lowest BCUT2D eigenvalue weighted by atomic mass is 10.1. The number of hydrogen-bond acceptors (Lipinski definition) is 5. The SMILES string of the molecule is CC(c1ccc(F)cc1)n1cnc(C(=O)N[C@H]2CCn3nc(C4CC4)cc3N(C)C2=O)n1. The second-order valence-electron chi connectivity index (χ2n) is 8.41. The molecule has 10 heteroatoms. The first-order valence-corrected chi connectivity index (χ1v) is 10.7. The van der Waals surface area contributed by atoms with Gasteiger partial charge in [0, 0.05) is 25.6 Å². The van der Waals surface area contributed by atoms with Crippen LogP contribution in [0.4, 0.5) is 10.2 Å². The monoisotopic (exact) mass is 437 g/mol. The van der Waals surface area contributed by atoms with Crippen molar-refractivity contribution in [2.24, 2.45) is 0 Å². The Morgan fingerprint density at radius 1 is 1.19 bits per heavy atom. The van der Waals surface area contributed by atoms with Gasteiger partial charge >= 0.3 is 0 Å². The second kappa shape index (κ2) is 7.85. The van der Waals surface area contributed by atoms with Crippen molar-refractivity contribution >= 4 is 17.6 Å². The summed E-state index contributed by atoms with van der Waals surface area (Å²) in [6.45, 7) is 2.41. The van der Waals surface area contributed by atoms with E-state index in [0.29, 0.717) is 18.9 Å². The molecule has 1 aliphatic carbocycles. The molecule has 166 valence electrons. The molecule has 1 aliphatic heterocycles. The highest BCUT2D eigenvalue weighted by molar-refractivity contribution is 6.00. The number of benzene rings is 1. The zero-order valence-corrected chi connectivity index (χ0v) is 17.9. The first-order chi connectivity index (χ1) is 15.4. The van der Waals surface area contributed by atoms with Gasteiger partial charge in [-0.25, -0.2) is 18.7 Å². The second-order valence-corrected chi connectivity index (χ2v) is 8.41. The number of halogens is 1. The van der Waals surface area contributed by atoms with Gasteiger partial charge in [0.2, 0.25) is 5.82 Å². The summed E-state index contributed by atoms with van der Waals surface area (Å²) >= 11 is 0. The predicted molar refractivity (Wildman–Crippen MR) is 114 cm³/mol. The largest absolute Gasteiger partial charge is 0.337 e. The van der Waals surface area contributed by atoms with Crippen LogP contribution in [-0.2, 0) is 11.3 Å². The van der Waals surface area contributed by atoms with Gasteiger partial charge in [0.05, 0.1) is 11.7 Å². The molecule has 2 atom stereocenters. The van der Waals surface area contributed by atoms with E-state index in [4.69, 9.17) is 0 Å². The summed E-state index contributed by atoms with van der Waals surface area (Å²) in [6, 6.07) is 7.14. The lowest BCUT2D eigenvalue weighted by molar-refractivity contribution is -0.120. The minimum absolute atomic E-state index is 0.0209. The molecule has 0 saturated heterocycles. The van der Waals surface area contributed by atoms with Crippen molar-refractivity contribution in [3.63, 3.8) is 0 Å². The van der Waals surface area contributed by atoms with Gasteiger partial charge in [0.25, 0.3) is 11.8 Å². The van der Waals surface area contributed by atoms with E-state index in [9.17, 15) is 14.0 Å². The lowest BCUT2D eigenvalue weighted by Gasteiger charge is -2.20. The van der Waals surface area contributed by atoms with E-state index >= 15 is 0 Å². The zero-order valence-electron chi connectivity index (χ0n) is 17.9. The van der Waals surface area contributed by atoms with Crippen molar-refractivity contribution in [3.8, 4) is 0 Å². The van der Waals surface area contributed by atoms with Gasteiger partial charge in [0.1, 0.15) is 24.0 Å². The number of aromatic nitrogens is 5. The quantitative estimate of drug-likeness (QED) is 0.660. The normalized spacial score (nSPS) is 19.4. The van der Waals surface area contributed by atoms with Crippen LogP contribution >= 0.6 is 0 Å². The fourth-order valence-corrected chi connectivity index (χ4v) is 3.98. The molecule has 32 heavy (non-hydrogen) atoms. The van der Waals surface area contributed by atoms with Gasteiger partial charge in [-0.2, -0.15) is 5.10 Å². The maximum atomic E-state index is 13.2. The third-order valence-electron chi connectivity index (χ3n) is 6.14. The summed E-state index contributed by atoms with van der Waals surface area (Å²) in [5, 5.41) is 11.7. The predicted octanol–water partition coefficient (Wildman–Crippen LogP) is 2.27. The number of carbonyl (C=O) groups is 2. The van der Waals surface area contributed by atoms with Gasteiger partial charge in [-0.05, 0) is 43.9 Å². The smallest absolute Gasteiger partial charge is 0.291 e. The number of nitrogens with zero attached hydrogens (tertiary/aromatic N) is 6. The summed E-state index contributed by atoms with van der Waals surface area (Å²) in [6.07, 6.45) is 4.18. The first kappa shape index (κ1) is 20.3. The Kier molecular flexibility index (Phi) is 4.99. The molecule has 0 spiro atoms. The number of hydrogen-bond donors (Lipinski definition) is 1.